The van der Waals surface area contributed by atoms with Crippen molar-refractivity contribution in [1.82, 2.24) is 14.9 Å². The molecule has 1 atom stereocenters. The Hall–Kier alpha value is -4.54. The number of carbonyl (C=O) groups is 4. The molecule has 0 aliphatic carbocycles. The summed E-state index contributed by atoms with van der Waals surface area (Å²) in [5.41, 5.74) is 0.719. The maximum absolute atomic E-state index is 13.3. The summed E-state index contributed by atoms with van der Waals surface area (Å²) in [5, 5.41) is 7.96. The molecule has 198 valence electrons. The van der Waals surface area contributed by atoms with Gasteiger partial charge in [-0.1, -0.05) is 18.2 Å². The summed E-state index contributed by atoms with van der Waals surface area (Å²) in [7, 11) is 0. The summed E-state index contributed by atoms with van der Waals surface area (Å²) in [4.78, 5) is 66.7. The quantitative estimate of drug-likeness (QED) is 0.438. The number of hydrogen-bond acceptors (Lipinski definition) is 7. The molecule has 2 aromatic carbocycles. The lowest BCUT2D eigenvalue weighted by Gasteiger charge is -2.24. The van der Waals surface area contributed by atoms with Crippen LogP contribution in [-0.2, 0) is 25.5 Å². The van der Waals surface area contributed by atoms with Crippen molar-refractivity contribution in [2.24, 2.45) is 0 Å². The second kappa shape index (κ2) is 10.4. The summed E-state index contributed by atoms with van der Waals surface area (Å²) < 4.78 is 6.55. The van der Waals surface area contributed by atoms with Gasteiger partial charge in [-0.2, -0.15) is 0 Å². The summed E-state index contributed by atoms with van der Waals surface area (Å²) >= 11 is 0. The second-order valence-corrected chi connectivity index (χ2v) is 10.1. The number of aryl methyl sites for hydroxylation is 1. The molecular formula is C27H29N5O6. The van der Waals surface area contributed by atoms with Gasteiger partial charge in [-0.3, -0.25) is 34.4 Å². The average molecular weight is 520 g/mol. The van der Waals surface area contributed by atoms with Crippen molar-refractivity contribution in [3.63, 3.8) is 0 Å². The number of fused-ring (bicyclic) bond motifs is 1. The summed E-state index contributed by atoms with van der Waals surface area (Å²) in [6.45, 7) is 6.90. The maximum atomic E-state index is 13.3. The third kappa shape index (κ3) is 6.05. The molecule has 3 aromatic rings. The van der Waals surface area contributed by atoms with E-state index in [1.807, 2.05) is 0 Å². The molecule has 1 fully saturated rings. The Bertz CT molecular complexity index is 1500. The molecule has 2 heterocycles. The number of ether oxygens (including phenoxy) is 1. The Labute approximate surface area is 218 Å². The molecule has 38 heavy (non-hydrogen) atoms. The number of aromatic nitrogens is 2. The first kappa shape index (κ1) is 26.5. The van der Waals surface area contributed by atoms with Gasteiger partial charge in [0.1, 0.15) is 23.0 Å². The number of imide groups is 1. The first-order chi connectivity index (χ1) is 17.9. The standard InChI is InChI=1S/C27H29N5O6/c1-15-28-23-18(25(36)32(15)20-11-12-21(33)31-24(20)35)9-6-10-19(23)30-22(34)14-16-7-5-8-17(13-16)29-26(37)38-27(2,3)4/h5-10,13,20H,11-12,14H2,1-4H3,(H,29,37)(H,30,34)(H,31,33,35). The van der Waals surface area contributed by atoms with E-state index in [0.717, 1.165) is 0 Å². The lowest BCUT2D eigenvalue weighted by atomic mass is 10.1. The number of carbonyl (C=O) groups excluding carboxylic acids is 4. The van der Waals surface area contributed by atoms with E-state index in [9.17, 15) is 24.0 Å². The molecule has 1 aliphatic rings. The number of piperidine rings is 1. The normalized spacial score (nSPS) is 15.6. The van der Waals surface area contributed by atoms with Crippen LogP contribution in [0.1, 0.15) is 51.0 Å². The fourth-order valence-electron chi connectivity index (χ4n) is 4.29. The third-order valence-electron chi connectivity index (χ3n) is 5.84. The van der Waals surface area contributed by atoms with Crippen LogP contribution in [0.5, 0.6) is 0 Å². The van der Waals surface area contributed by atoms with Crippen molar-refractivity contribution < 1.29 is 23.9 Å². The number of benzene rings is 2. The van der Waals surface area contributed by atoms with E-state index >= 15 is 0 Å². The molecule has 11 nitrogen and oxygen atoms in total. The van der Waals surface area contributed by atoms with Gasteiger partial charge in [-0.05, 0) is 63.9 Å². The highest BCUT2D eigenvalue weighted by atomic mass is 16.6. The van der Waals surface area contributed by atoms with E-state index in [0.29, 0.717) is 28.3 Å². The van der Waals surface area contributed by atoms with Crippen molar-refractivity contribution in [2.45, 2.75) is 58.6 Å². The molecule has 0 bridgehead atoms. The average Bonchev–Trinajstić information content (AvgIpc) is 2.80. The van der Waals surface area contributed by atoms with E-state index in [1.165, 1.54) is 4.57 Å². The zero-order valence-corrected chi connectivity index (χ0v) is 21.6. The van der Waals surface area contributed by atoms with Crippen LogP contribution in [0.15, 0.2) is 47.3 Å². The molecule has 3 N–H and O–H groups in total. The van der Waals surface area contributed by atoms with Gasteiger partial charge < -0.3 is 10.1 Å². The van der Waals surface area contributed by atoms with Crippen molar-refractivity contribution >= 4 is 46.1 Å². The molecular weight excluding hydrogens is 490 g/mol. The van der Waals surface area contributed by atoms with Gasteiger partial charge in [0, 0.05) is 12.1 Å². The third-order valence-corrected chi connectivity index (χ3v) is 5.84. The lowest BCUT2D eigenvalue weighted by Crippen LogP contribution is -2.45. The van der Waals surface area contributed by atoms with Crippen molar-refractivity contribution in [2.75, 3.05) is 10.6 Å². The summed E-state index contributed by atoms with van der Waals surface area (Å²) in [6, 6.07) is 10.8. The number of nitrogens with one attached hydrogen (secondary N) is 3. The van der Waals surface area contributed by atoms with Gasteiger partial charge in [-0.15, -0.1) is 0 Å². The molecule has 0 saturated carbocycles. The van der Waals surface area contributed by atoms with Crippen LogP contribution in [0.4, 0.5) is 16.2 Å². The van der Waals surface area contributed by atoms with Crippen LogP contribution in [0.25, 0.3) is 10.9 Å². The Kier molecular flexibility index (Phi) is 7.29. The van der Waals surface area contributed by atoms with Crippen molar-refractivity contribution in [3.8, 4) is 0 Å². The monoisotopic (exact) mass is 519 g/mol. The van der Waals surface area contributed by atoms with Crippen LogP contribution in [0.2, 0.25) is 0 Å². The Morgan fingerprint density at radius 1 is 1.11 bits per heavy atom. The molecule has 1 saturated heterocycles. The Morgan fingerprint density at radius 2 is 1.84 bits per heavy atom. The van der Waals surface area contributed by atoms with Crippen LogP contribution >= 0.6 is 0 Å². The molecule has 1 aliphatic heterocycles. The fraction of sp³-hybridized carbons (Fsp3) is 0.333. The molecule has 1 unspecified atom stereocenters. The van der Waals surface area contributed by atoms with E-state index in [4.69, 9.17) is 4.74 Å². The van der Waals surface area contributed by atoms with Gasteiger partial charge in [0.15, 0.2) is 0 Å². The van der Waals surface area contributed by atoms with Gasteiger partial charge in [0.25, 0.3) is 5.56 Å². The number of rotatable bonds is 5. The lowest BCUT2D eigenvalue weighted by molar-refractivity contribution is -0.135. The highest BCUT2D eigenvalue weighted by Crippen LogP contribution is 2.24. The summed E-state index contributed by atoms with van der Waals surface area (Å²) in [5.74, 6) is -0.970. The number of anilines is 2. The highest BCUT2D eigenvalue weighted by Gasteiger charge is 2.30. The van der Waals surface area contributed by atoms with Crippen LogP contribution in [-0.4, -0.2) is 39.0 Å². The molecule has 0 spiro atoms. The van der Waals surface area contributed by atoms with Gasteiger partial charge in [-0.25, -0.2) is 9.78 Å². The molecule has 11 heteroatoms. The van der Waals surface area contributed by atoms with Crippen LogP contribution in [0.3, 0.4) is 0 Å². The van der Waals surface area contributed by atoms with Gasteiger partial charge >= 0.3 is 6.09 Å². The predicted octanol–water partition coefficient (Wildman–Crippen LogP) is 3.21. The SMILES string of the molecule is Cc1nc2c(NC(=O)Cc3cccc(NC(=O)OC(C)(C)C)c3)cccc2c(=O)n1C1CCC(=O)NC1=O. The largest absolute Gasteiger partial charge is 0.444 e. The summed E-state index contributed by atoms with van der Waals surface area (Å²) in [6.07, 6.45) is -0.256. The molecule has 1 aromatic heterocycles. The molecule has 4 rings (SSSR count). The number of para-hydroxylation sites is 1. The van der Waals surface area contributed by atoms with Crippen molar-refractivity contribution in [3.05, 3.63) is 64.2 Å². The number of nitrogens with zero attached hydrogens (tertiary/aromatic N) is 2. The van der Waals surface area contributed by atoms with Crippen LogP contribution in [0, 0.1) is 6.92 Å². The molecule has 0 radical (unpaired) electrons. The Balaban J connectivity index is 1.53. The predicted molar refractivity (Wildman–Crippen MR) is 141 cm³/mol. The van der Waals surface area contributed by atoms with E-state index in [2.05, 4.69) is 20.9 Å². The van der Waals surface area contributed by atoms with E-state index in [1.54, 1.807) is 70.2 Å². The van der Waals surface area contributed by atoms with Gasteiger partial charge in [0.05, 0.1) is 17.5 Å². The minimum absolute atomic E-state index is 0.00650. The minimum atomic E-state index is -0.836. The van der Waals surface area contributed by atoms with Gasteiger partial charge in [0.2, 0.25) is 17.7 Å². The Morgan fingerprint density at radius 3 is 2.55 bits per heavy atom. The smallest absolute Gasteiger partial charge is 0.412 e. The van der Waals surface area contributed by atoms with Crippen LogP contribution < -0.4 is 21.5 Å². The first-order valence-electron chi connectivity index (χ1n) is 12.2. The maximum Gasteiger partial charge on any atom is 0.412 e. The topological polar surface area (TPSA) is 148 Å². The highest BCUT2D eigenvalue weighted by molar-refractivity contribution is 6.02. The minimum Gasteiger partial charge on any atom is -0.444 e. The zero-order valence-electron chi connectivity index (χ0n) is 21.6. The van der Waals surface area contributed by atoms with Crippen molar-refractivity contribution in [1.29, 1.82) is 0 Å². The van der Waals surface area contributed by atoms with E-state index < -0.39 is 29.2 Å². The molecule has 4 amide bonds. The zero-order chi connectivity index (χ0) is 27.6. The fourth-order valence-corrected chi connectivity index (χ4v) is 4.29. The number of amides is 4. The second-order valence-electron chi connectivity index (χ2n) is 10.1. The number of hydrogen-bond donors (Lipinski definition) is 3. The van der Waals surface area contributed by atoms with E-state index in [-0.39, 0.29) is 36.5 Å². The first-order valence-corrected chi connectivity index (χ1v) is 12.2.